The average molecular weight is 315 g/mol. The molecule has 0 spiro atoms. The molecule has 5 nitrogen and oxygen atoms in total. The van der Waals surface area contributed by atoms with Crippen LogP contribution < -0.4 is 0 Å². The molecule has 1 heterocycles. The Morgan fingerprint density at radius 2 is 2.17 bits per heavy atom. The van der Waals surface area contributed by atoms with E-state index in [1.165, 1.54) is 11.1 Å². The fourth-order valence-corrected chi connectivity index (χ4v) is 3.51. The molecule has 1 aromatic heterocycles. The van der Waals surface area contributed by atoms with Crippen molar-refractivity contribution in [3.05, 3.63) is 53.9 Å². The summed E-state index contributed by atoms with van der Waals surface area (Å²) in [5, 5.41) is 23.8. The summed E-state index contributed by atoms with van der Waals surface area (Å²) in [6.45, 7) is 2.07. The van der Waals surface area contributed by atoms with E-state index < -0.39 is 6.10 Å². The van der Waals surface area contributed by atoms with Gasteiger partial charge in [-0.05, 0) is 36.5 Å². The number of nitrogens with zero attached hydrogens (tertiary/aromatic N) is 3. The maximum Gasteiger partial charge on any atom is 0.0862 e. The van der Waals surface area contributed by atoms with Crippen LogP contribution in [0.2, 0.25) is 0 Å². The van der Waals surface area contributed by atoms with E-state index in [1.807, 2.05) is 12.3 Å². The molecule has 0 saturated carbocycles. The minimum Gasteiger partial charge on any atom is -0.396 e. The first-order chi connectivity index (χ1) is 11.3. The summed E-state index contributed by atoms with van der Waals surface area (Å²) in [4.78, 5) is 2.32. The third-order valence-corrected chi connectivity index (χ3v) is 4.55. The SMILES string of the molecule is OCCCN(CC(O)Cn1cccn1)C1CCc2ccccc21. The van der Waals surface area contributed by atoms with Gasteiger partial charge in [0.1, 0.15) is 0 Å². The van der Waals surface area contributed by atoms with E-state index in [-0.39, 0.29) is 6.61 Å². The first-order valence-electron chi connectivity index (χ1n) is 8.36. The molecule has 0 fully saturated rings. The van der Waals surface area contributed by atoms with Gasteiger partial charge in [-0.15, -0.1) is 0 Å². The van der Waals surface area contributed by atoms with Gasteiger partial charge >= 0.3 is 0 Å². The number of aliphatic hydroxyl groups is 2. The van der Waals surface area contributed by atoms with Crippen LogP contribution in [-0.2, 0) is 13.0 Å². The van der Waals surface area contributed by atoms with E-state index in [0.29, 0.717) is 19.1 Å². The Balaban J connectivity index is 1.68. The number of aryl methyl sites for hydroxylation is 1. The molecule has 1 aliphatic carbocycles. The molecule has 0 radical (unpaired) electrons. The van der Waals surface area contributed by atoms with E-state index in [0.717, 1.165) is 25.8 Å². The maximum atomic E-state index is 10.4. The van der Waals surface area contributed by atoms with Gasteiger partial charge in [0.05, 0.1) is 12.6 Å². The van der Waals surface area contributed by atoms with Crippen molar-refractivity contribution < 1.29 is 10.2 Å². The maximum absolute atomic E-state index is 10.4. The largest absolute Gasteiger partial charge is 0.396 e. The Labute approximate surface area is 137 Å². The van der Waals surface area contributed by atoms with Crippen molar-refractivity contribution in [2.45, 2.75) is 38.0 Å². The van der Waals surface area contributed by atoms with E-state index in [1.54, 1.807) is 10.9 Å². The predicted octanol–water partition coefficient (Wildman–Crippen LogP) is 1.62. The van der Waals surface area contributed by atoms with Crippen LogP contribution in [0, 0.1) is 0 Å². The van der Waals surface area contributed by atoms with Gasteiger partial charge in [-0.25, -0.2) is 0 Å². The number of hydrogen-bond donors (Lipinski definition) is 2. The lowest BCUT2D eigenvalue weighted by atomic mass is 10.1. The molecule has 0 bridgehead atoms. The van der Waals surface area contributed by atoms with Gasteiger partial charge in [0.2, 0.25) is 0 Å². The molecule has 5 heteroatoms. The van der Waals surface area contributed by atoms with Crippen LogP contribution in [-0.4, -0.2) is 50.7 Å². The third-order valence-electron chi connectivity index (χ3n) is 4.55. The summed E-state index contributed by atoms with van der Waals surface area (Å²) in [5.41, 5.74) is 2.78. The highest BCUT2D eigenvalue weighted by atomic mass is 16.3. The number of aromatic nitrogens is 2. The van der Waals surface area contributed by atoms with Gasteiger partial charge in [0, 0.05) is 38.1 Å². The molecule has 23 heavy (non-hydrogen) atoms. The van der Waals surface area contributed by atoms with Crippen LogP contribution in [0.5, 0.6) is 0 Å². The van der Waals surface area contributed by atoms with Crippen LogP contribution >= 0.6 is 0 Å². The minimum absolute atomic E-state index is 0.181. The molecule has 2 N–H and O–H groups in total. The number of hydrogen-bond acceptors (Lipinski definition) is 4. The van der Waals surface area contributed by atoms with Gasteiger partial charge in [-0.1, -0.05) is 24.3 Å². The zero-order valence-corrected chi connectivity index (χ0v) is 13.4. The van der Waals surface area contributed by atoms with Crippen molar-refractivity contribution in [1.82, 2.24) is 14.7 Å². The molecule has 3 rings (SSSR count). The first kappa shape index (κ1) is 16.2. The van der Waals surface area contributed by atoms with E-state index in [9.17, 15) is 10.2 Å². The lowest BCUT2D eigenvalue weighted by Crippen LogP contribution is -2.38. The quantitative estimate of drug-likeness (QED) is 0.777. The average Bonchev–Trinajstić information content (AvgIpc) is 3.20. The standard InChI is InChI=1S/C18H25N3O2/c22-12-4-10-20(13-16(23)14-21-11-3-9-19-21)18-8-7-15-5-1-2-6-17(15)18/h1-3,5-6,9,11,16,18,22-23H,4,7-8,10,12-14H2. The summed E-state index contributed by atoms with van der Waals surface area (Å²) >= 11 is 0. The van der Waals surface area contributed by atoms with Crippen LogP contribution in [0.1, 0.15) is 30.0 Å². The highest BCUT2D eigenvalue weighted by Crippen LogP contribution is 2.35. The Morgan fingerprint density at radius 3 is 2.96 bits per heavy atom. The summed E-state index contributed by atoms with van der Waals surface area (Å²) in [5.74, 6) is 0. The minimum atomic E-state index is -0.471. The second-order valence-electron chi connectivity index (χ2n) is 6.21. The Kier molecular flexibility index (Phi) is 5.43. The van der Waals surface area contributed by atoms with Gasteiger partial charge in [-0.2, -0.15) is 5.10 Å². The fraction of sp³-hybridized carbons (Fsp3) is 0.500. The number of rotatable bonds is 8. The van der Waals surface area contributed by atoms with E-state index in [4.69, 9.17) is 0 Å². The Hall–Kier alpha value is -1.69. The van der Waals surface area contributed by atoms with Crippen molar-refractivity contribution in [3.8, 4) is 0 Å². The number of aliphatic hydroxyl groups excluding tert-OH is 2. The van der Waals surface area contributed by atoms with Crippen LogP contribution in [0.4, 0.5) is 0 Å². The van der Waals surface area contributed by atoms with Crippen LogP contribution in [0.15, 0.2) is 42.7 Å². The van der Waals surface area contributed by atoms with Crippen molar-refractivity contribution in [2.75, 3.05) is 19.7 Å². The summed E-state index contributed by atoms with van der Waals surface area (Å²) in [7, 11) is 0. The zero-order valence-electron chi connectivity index (χ0n) is 13.4. The monoisotopic (exact) mass is 315 g/mol. The van der Waals surface area contributed by atoms with Crippen molar-refractivity contribution in [3.63, 3.8) is 0 Å². The second-order valence-corrected chi connectivity index (χ2v) is 6.21. The second kappa shape index (κ2) is 7.73. The molecular weight excluding hydrogens is 290 g/mol. The molecule has 1 aliphatic rings. The summed E-state index contributed by atoms with van der Waals surface area (Å²) in [6.07, 6.45) is 6.02. The predicted molar refractivity (Wildman–Crippen MR) is 89.0 cm³/mol. The van der Waals surface area contributed by atoms with Gasteiger partial charge in [0.25, 0.3) is 0 Å². The molecule has 0 aliphatic heterocycles. The van der Waals surface area contributed by atoms with Crippen LogP contribution in [0.3, 0.4) is 0 Å². The lowest BCUT2D eigenvalue weighted by molar-refractivity contribution is 0.0683. The third kappa shape index (κ3) is 3.99. The molecule has 1 aromatic carbocycles. The highest BCUT2D eigenvalue weighted by molar-refractivity contribution is 5.34. The van der Waals surface area contributed by atoms with E-state index >= 15 is 0 Å². The van der Waals surface area contributed by atoms with Crippen molar-refractivity contribution >= 4 is 0 Å². The molecule has 2 aromatic rings. The molecule has 2 unspecified atom stereocenters. The van der Waals surface area contributed by atoms with Crippen LogP contribution in [0.25, 0.3) is 0 Å². The van der Waals surface area contributed by atoms with Gasteiger partial charge in [-0.3, -0.25) is 9.58 Å². The van der Waals surface area contributed by atoms with Gasteiger partial charge in [0.15, 0.2) is 0 Å². The molecule has 0 amide bonds. The van der Waals surface area contributed by atoms with Crippen molar-refractivity contribution in [2.24, 2.45) is 0 Å². The Bertz CT molecular complexity index is 600. The summed E-state index contributed by atoms with van der Waals surface area (Å²) < 4.78 is 1.76. The Morgan fingerprint density at radius 1 is 1.30 bits per heavy atom. The molecular formula is C18H25N3O2. The normalized spacial score (nSPS) is 18.3. The molecule has 124 valence electrons. The van der Waals surface area contributed by atoms with E-state index in [2.05, 4.69) is 34.3 Å². The number of benzene rings is 1. The lowest BCUT2D eigenvalue weighted by Gasteiger charge is -2.31. The molecule has 2 atom stereocenters. The first-order valence-corrected chi connectivity index (χ1v) is 8.36. The number of fused-ring (bicyclic) bond motifs is 1. The zero-order chi connectivity index (χ0) is 16.1. The topological polar surface area (TPSA) is 61.5 Å². The smallest absolute Gasteiger partial charge is 0.0862 e. The fourth-order valence-electron chi connectivity index (χ4n) is 3.51. The molecule has 0 saturated heterocycles. The van der Waals surface area contributed by atoms with Gasteiger partial charge < -0.3 is 10.2 Å². The summed E-state index contributed by atoms with van der Waals surface area (Å²) in [6, 6.07) is 10.8. The van der Waals surface area contributed by atoms with Crippen molar-refractivity contribution in [1.29, 1.82) is 0 Å². The highest BCUT2D eigenvalue weighted by Gasteiger charge is 2.28.